The van der Waals surface area contributed by atoms with Crippen molar-refractivity contribution in [3.63, 3.8) is 0 Å². The SMILES string of the molecule is COC(=O)c1cccc(NC2CCCSC2)c1N. The van der Waals surface area contributed by atoms with Gasteiger partial charge in [-0.15, -0.1) is 0 Å². The van der Waals surface area contributed by atoms with Gasteiger partial charge in [0, 0.05) is 11.8 Å². The number of esters is 1. The standard InChI is InChI=1S/C13H18N2O2S/c1-17-13(16)10-5-2-6-11(12(10)14)15-9-4-3-7-18-8-9/h2,5-6,9,15H,3-4,7-8,14H2,1H3. The number of carbonyl (C=O) groups excluding carboxylic acids is 1. The summed E-state index contributed by atoms with van der Waals surface area (Å²) in [7, 11) is 1.36. The van der Waals surface area contributed by atoms with Crippen LogP contribution in [0.2, 0.25) is 0 Å². The second-order valence-electron chi connectivity index (χ2n) is 4.32. The summed E-state index contributed by atoms with van der Waals surface area (Å²) < 4.78 is 4.71. The summed E-state index contributed by atoms with van der Waals surface area (Å²) in [6.07, 6.45) is 2.37. The zero-order chi connectivity index (χ0) is 13.0. The van der Waals surface area contributed by atoms with E-state index in [0.29, 0.717) is 17.3 Å². The Hall–Kier alpha value is -1.36. The largest absolute Gasteiger partial charge is 0.465 e. The van der Waals surface area contributed by atoms with Crippen LogP contribution in [0.25, 0.3) is 0 Å². The molecule has 1 heterocycles. The van der Waals surface area contributed by atoms with Gasteiger partial charge in [-0.3, -0.25) is 0 Å². The van der Waals surface area contributed by atoms with Crippen molar-refractivity contribution < 1.29 is 9.53 Å². The third-order valence-electron chi connectivity index (χ3n) is 3.03. The average molecular weight is 266 g/mol. The third kappa shape index (κ3) is 2.90. The van der Waals surface area contributed by atoms with Crippen LogP contribution >= 0.6 is 11.8 Å². The highest BCUT2D eigenvalue weighted by Crippen LogP contribution is 2.27. The number of hydrogen-bond donors (Lipinski definition) is 2. The summed E-state index contributed by atoms with van der Waals surface area (Å²) >= 11 is 1.95. The van der Waals surface area contributed by atoms with Crippen LogP contribution in [0, 0.1) is 0 Å². The number of para-hydroxylation sites is 1. The fourth-order valence-electron chi connectivity index (χ4n) is 2.05. The molecule has 98 valence electrons. The Morgan fingerprint density at radius 2 is 2.39 bits per heavy atom. The molecule has 0 saturated carbocycles. The molecule has 3 N–H and O–H groups in total. The molecule has 1 atom stereocenters. The topological polar surface area (TPSA) is 64.3 Å². The molecule has 1 aromatic rings. The van der Waals surface area contributed by atoms with Crippen molar-refractivity contribution in [3.05, 3.63) is 23.8 Å². The maximum atomic E-state index is 11.5. The second kappa shape index (κ2) is 6.00. The molecule has 1 aliphatic heterocycles. The summed E-state index contributed by atoms with van der Waals surface area (Å²) in [5.74, 6) is 1.92. The van der Waals surface area contributed by atoms with Gasteiger partial charge in [0.1, 0.15) is 0 Å². The van der Waals surface area contributed by atoms with E-state index in [2.05, 4.69) is 5.32 Å². The Kier molecular flexibility index (Phi) is 4.36. The zero-order valence-corrected chi connectivity index (χ0v) is 11.3. The van der Waals surface area contributed by atoms with E-state index in [-0.39, 0.29) is 0 Å². The smallest absolute Gasteiger partial charge is 0.340 e. The van der Waals surface area contributed by atoms with Gasteiger partial charge in [0.15, 0.2) is 0 Å². The van der Waals surface area contributed by atoms with Crippen molar-refractivity contribution in [3.8, 4) is 0 Å². The fourth-order valence-corrected chi connectivity index (χ4v) is 3.13. The van der Waals surface area contributed by atoms with E-state index in [9.17, 15) is 4.79 Å². The summed E-state index contributed by atoms with van der Waals surface area (Å²) in [5.41, 5.74) is 7.73. The third-order valence-corrected chi connectivity index (χ3v) is 4.25. The Bertz CT molecular complexity index is 431. The van der Waals surface area contributed by atoms with Crippen LogP contribution in [-0.2, 0) is 4.74 Å². The predicted octanol–water partition coefficient (Wildman–Crippen LogP) is 2.36. The quantitative estimate of drug-likeness (QED) is 0.649. The highest BCUT2D eigenvalue weighted by atomic mass is 32.2. The monoisotopic (exact) mass is 266 g/mol. The van der Waals surface area contributed by atoms with E-state index in [1.54, 1.807) is 6.07 Å². The average Bonchev–Trinajstić information content (AvgIpc) is 2.41. The number of nitrogens with two attached hydrogens (primary N) is 1. The Labute approximate surface area is 111 Å². The first-order chi connectivity index (χ1) is 8.72. The van der Waals surface area contributed by atoms with Crippen molar-refractivity contribution in [1.82, 2.24) is 0 Å². The fraction of sp³-hybridized carbons (Fsp3) is 0.462. The molecule has 1 aromatic carbocycles. The lowest BCUT2D eigenvalue weighted by atomic mass is 10.1. The molecule has 4 nitrogen and oxygen atoms in total. The molecule has 0 spiro atoms. The van der Waals surface area contributed by atoms with Gasteiger partial charge in [0.05, 0.1) is 24.0 Å². The minimum atomic E-state index is -0.394. The van der Waals surface area contributed by atoms with Gasteiger partial charge in [-0.1, -0.05) is 6.07 Å². The number of thioether (sulfide) groups is 1. The van der Waals surface area contributed by atoms with E-state index in [0.717, 1.165) is 17.9 Å². The van der Waals surface area contributed by atoms with Crippen molar-refractivity contribution in [2.75, 3.05) is 29.7 Å². The number of ether oxygens (including phenoxy) is 1. The van der Waals surface area contributed by atoms with E-state index in [1.807, 2.05) is 23.9 Å². The number of nitrogens with one attached hydrogen (secondary N) is 1. The highest BCUT2D eigenvalue weighted by Gasteiger charge is 2.17. The molecule has 0 aromatic heterocycles. The zero-order valence-electron chi connectivity index (χ0n) is 10.4. The number of hydrogen-bond acceptors (Lipinski definition) is 5. The van der Waals surface area contributed by atoms with Crippen LogP contribution in [0.5, 0.6) is 0 Å². The molecule has 1 unspecified atom stereocenters. The molecule has 1 aliphatic rings. The number of nitrogen functional groups attached to an aromatic ring is 1. The summed E-state index contributed by atoms with van der Waals surface area (Å²) in [4.78, 5) is 11.5. The Balaban J connectivity index is 2.15. The normalized spacial score (nSPS) is 19.3. The molecule has 18 heavy (non-hydrogen) atoms. The van der Waals surface area contributed by atoms with Gasteiger partial charge in [-0.05, 0) is 30.7 Å². The number of anilines is 2. The van der Waals surface area contributed by atoms with Gasteiger partial charge in [0.2, 0.25) is 0 Å². The van der Waals surface area contributed by atoms with Crippen LogP contribution in [0.15, 0.2) is 18.2 Å². The van der Waals surface area contributed by atoms with Crippen molar-refractivity contribution >= 4 is 29.1 Å². The van der Waals surface area contributed by atoms with Crippen LogP contribution in [0.1, 0.15) is 23.2 Å². The second-order valence-corrected chi connectivity index (χ2v) is 5.47. The number of benzene rings is 1. The molecule has 2 rings (SSSR count). The number of rotatable bonds is 3. The van der Waals surface area contributed by atoms with E-state index in [4.69, 9.17) is 10.5 Å². The predicted molar refractivity (Wildman–Crippen MR) is 76.2 cm³/mol. The lowest BCUT2D eigenvalue weighted by Gasteiger charge is -2.24. The van der Waals surface area contributed by atoms with E-state index < -0.39 is 5.97 Å². The molecule has 1 fully saturated rings. The molecular formula is C13H18N2O2S. The highest BCUT2D eigenvalue weighted by molar-refractivity contribution is 7.99. The van der Waals surface area contributed by atoms with Crippen LogP contribution < -0.4 is 11.1 Å². The van der Waals surface area contributed by atoms with Crippen molar-refractivity contribution in [2.45, 2.75) is 18.9 Å². The first-order valence-corrected chi connectivity index (χ1v) is 7.19. The lowest BCUT2D eigenvalue weighted by Crippen LogP contribution is -2.26. The number of methoxy groups -OCH3 is 1. The summed E-state index contributed by atoms with van der Waals surface area (Å²) in [5, 5.41) is 3.41. The van der Waals surface area contributed by atoms with E-state index in [1.165, 1.54) is 19.3 Å². The van der Waals surface area contributed by atoms with Gasteiger partial charge in [-0.2, -0.15) is 11.8 Å². The first kappa shape index (κ1) is 13.1. The van der Waals surface area contributed by atoms with Gasteiger partial charge in [0.25, 0.3) is 0 Å². The molecule has 0 radical (unpaired) electrons. The van der Waals surface area contributed by atoms with Gasteiger partial charge in [-0.25, -0.2) is 4.79 Å². The maximum absolute atomic E-state index is 11.5. The lowest BCUT2D eigenvalue weighted by molar-refractivity contribution is 0.0602. The van der Waals surface area contributed by atoms with Crippen molar-refractivity contribution in [1.29, 1.82) is 0 Å². The minimum absolute atomic E-state index is 0.394. The van der Waals surface area contributed by atoms with Crippen LogP contribution in [-0.4, -0.2) is 30.6 Å². The Morgan fingerprint density at radius 3 is 3.06 bits per heavy atom. The maximum Gasteiger partial charge on any atom is 0.340 e. The molecule has 0 bridgehead atoms. The number of carbonyl (C=O) groups is 1. The van der Waals surface area contributed by atoms with Crippen molar-refractivity contribution in [2.24, 2.45) is 0 Å². The van der Waals surface area contributed by atoms with Crippen LogP contribution in [0.4, 0.5) is 11.4 Å². The summed E-state index contributed by atoms with van der Waals surface area (Å²) in [6.45, 7) is 0. The molecule has 5 heteroatoms. The van der Waals surface area contributed by atoms with E-state index >= 15 is 0 Å². The van der Waals surface area contributed by atoms with Gasteiger partial charge < -0.3 is 15.8 Å². The summed E-state index contributed by atoms with van der Waals surface area (Å²) in [6, 6.07) is 5.84. The van der Waals surface area contributed by atoms with Gasteiger partial charge >= 0.3 is 5.97 Å². The first-order valence-electron chi connectivity index (χ1n) is 6.03. The Morgan fingerprint density at radius 1 is 1.56 bits per heavy atom. The molecule has 0 amide bonds. The molecule has 1 saturated heterocycles. The molecule has 0 aliphatic carbocycles. The molecular weight excluding hydrogens is 248 g/mol. The van der Waals surface area contributed by atoms with Crippen LogP contribution in [0.3, 0.4) is 0 Å². The minimum Gasteiger partial charge on any atom is -0.465 e.